The van der Waals surface area contributed by atoms with Gasteiger partial charge in [0, 0.05) is 10.9 Å². The van der Waals surface area contributed by atoms with Crippen LogP contribution in [0.15, 0.2) is 29.1 Å². The van der Waals surface area contributed by atoms with Crippen LogP contribution >= 0.6 is 11.3 Å². The summed E-state index contributed by atoms with van der Waals surface area (Å²) in [6.07, 6.45) is 9.18. The molecule has 0 amide bonds. The van der Waals surface area contributed by atoms with Gasteiger partial charge in [0.05, 0.1) is 18.3 Å². The Morgan fingerprint density at radius 3 is 2.62 bits per heavy atom. The molecule has 0 aliphatic rings. The van der Waals surface area contributed by atoms with Crippen molar-refractivity contribution in [1.82, 2.24) is 4.98 Å². The number of nitrogens with zero attached hydrogens (tertiary/aromatic N) is 1. The van der Waals surface area contributed by atoms with E-state index in [1.807, 2.05) is 5.51 Å². The SMILES string of the molecule is CCCCCCCCc1ccc(OC)c(-c2cscn2)c1. The van der Waals surface area contributed by atoms with Crippen molar-refractivity contribution >= 4 is 11.3 Å². The second kappa shape index (κ2) is 8.83. The molecule has 0 N–H and O–H groups in total. The predicted octanol–water partition coefficient (Wildman–Crippen LogP) is 5.72. The average Bonchev–Trinajstić information content (AvgIpc) is 3.05. The maximum absolute atomic E-state index is 5.46. The highest BCUT2D eigenvalue weighted by atomic mass is 32.1. The molecule has 114 valence electrons. The van der Waals surface area contributed by atoms with Crippen molar-refractivity contribution in [2.75, 3.05) is 7.11 Å². The summed E-state index contributed by atoms with van der Waals surface area (Å²) in [6, 6.07) is 6.49. The number of hydrogen-bond acceptors (Lipinski definition) is 3. The van der Waals surface area contributed by atoms with Gasteiger partial charge >= 0.3 is 0 Å². The first kappa shape index (κ1) is 16.0. The molecule has 21 heavy (non-hydrogen) atoms. The van der Waals surface area contributed by atoms with Crippen molar-refractivity contribution < 1.29 is 4.74 Å². The molecule has 0 radical (unpaired) electrons. The Labute approximate surface area is 132 Å². The molecular weight excluding hydrogens is 278 g/mol. The molecule has 0 aliphatic heterocycles. The van der Waals surface area contributed by atoms with Crippen molar-refractivity contribution in [2.45, 2.75) is 51.9 Å². The van der Waals surface area contributed by atoms with Crippen LogP contribution in [0.4, 0.5) is 0 Å². The minimum atomic E-state index is 0.910. The maximum Gasteiger partial charge on any atom is 0.128 e. The largest absolute Gasteiger partial charge is 0.496 e. The van der Waals surface area contributed by atoms with Gasteiger partial charge in [0.1, 0.15) is 5.75 Å². The summed E-state index contributed by atoms with van der Waals surface area (Å²) in [5, 5.41) is 2.08. The van der Waals surface area contributed by atoms with Crippen LogP contribution in [0.2, 0.25) is 0 Å². The summed E-state index contributed by atoms with van der Waals surface area (Å²) >= 11 is 1.62. The van der Waals surface area contributed by atoms with Crippen LogP contribution in [-0.4, -0.2) is 12.1 Å². The fourth-order valence-electron chi connectivity index (χ4n) is 2.57. The Kier molecular flexibility index (Phi) is 6.74. The quantitative estimate of drug-likeness (QED) is 0.552. The fraction of sp³-hybridized carbons (Fsp3) is 0.500. The molecule has 0 fully saturated rings. The fourth-order valence-corrected chi connectivity index (χ4v) is 3.12. The minimum absolute atomic E-state index is 0.910. The van der Waals surface area contributed by atoms with Crippen LogP contribution in [0.5, 0.6) is 5.75 Å². The number of benzene rings is 1. The Morgan fingerprint density at radius 2 is 1.90 bits per heavy atom. The van der Waals surface area contributed by atoms with E-state index >= 15 is 0 Å². The first-order valence-corrected chi connectivity index (χ1v) is 8.85. The van der Waals surface area contributed by atoms with E-state index in [2.05, 4.69) is 35.5 Å². The van der Waals surface area contributed by atoms with E-state index in [-0.39, 0.29) is 0 Å². The number of hydrogen-bond donors (Lipinski definition) is 0. The van der Waals surface area contributed by atoms with Crippen LogP contribution in [-0.2, 0) is 6.42 Å². The normalized spacial score (nSPS) is 10.8. The van der Waals surface area contributed by atoms with Gasteiger partial charge in [0.25, 0.3) is 0 Å². The van der Waals surface area contributed by atoms with Gasteiger partial charge in [-0.2, -0.15) is 0 Å². The topological polar surface area (TPSA) is 22.1 Å². The molecular formula is C18H25NOS. The van der Waals surface area contributed by atoms with E-state index < -0.39 is 0 Å². The smallest absolute Gasteiger partial charge is 0.128 e. The molecule has 1 aromatic carbocycles. The van der Waals surface area contributed by atoms with Gasteiger partial charge < -0.3 is 4.74 Å². The molecule has 0 bridgehead atoms. The summed E-state index contributed by atoms with van der Waals surface area (Å²) < 4.78 is 5.46. The van der Waals surface area contributed by atoms with E-state index in [9.17, 15) is 0 Å². The second-order valence-corrected chi connectivity index (χ2v) is 6.14. The Morgan fingerprint density at radius 1 is 1.10 bits per heavy atom. The summed E-state index contributed by atoms with van der Waals surface area (Å²) in [6.45, 7) is 2.26. The minimum Gasteiger partial charge on any atom is -0.496 e. The molecule has 1 heterocycles. The standard InChI is InChI=1S/C18H25NOS/c1-3-4-5-6-7-8-9-15-10-11-18(20-2)16(12-15)17-13-21-14-19-17/h10-14H,3-9H2,1-2H3. The third-order valence-electron chi connectivity index (χ3n) is 3.79. The highest BCUT2D eigenvalue weighted by molar-refractivity contribution is 7.07. The van der Waals surface area contributed by atoms with Crippen LogP contribution in [0, 0.1) is 0 Å². The molecule has 0 spiro atoms. The molecule has 0 saturated heterocycles. The number of methoxy groups -OCH3 is 1. The average molecular weight is 303 g/mol. The molecule has 1 aromatic heterocycles. The Balaban J connectivity index is 1.94. The zero-order valence-electron chi connectivity index (χ0n) is 13.1. The lowest BCUT2D eigenvalue weighted by molar-refractivity contribution is 0.416. The lowest BCUT2D eigenvalue weighted by Crippen LogP contribution is -1.92. The Bertz CT molecular complexity index is 522. The van der Waals surface area contributed by atoms with Gasteiger partial charge in [-0.15, -0.1) is 11.3 Å². The van der Waals surface area contributed by atoms with Crippen molar-refractivity contribution in [3.05, 3.63) is 34.7 Å². The van der Waals surface area contributed by atoms with Crippen LogP contribution in [0.3, 0.4) is 0 Å². The van der Waals surface area contributed by atoms with Crippen LogP contribution < -0.4 is 4.74 Å². The number of thiazole rings is 1. The summed E-state index contributed by atoms with van der Waals surface area (Å²) in [5.41, 5.74) is 5.38. The number of ether oxygens (including phenoxy) is 1. The van der Waals surface area contributed by atoms with Crippen molar-refractivity contribution in [1.29, 1.82) is 0 Å². The van der Waals surface area contributed by atoms with E-state index in [0.717, 1.165) is 23.4 Å². The molecule has 0 saturated carbocycles. The molecule has 0 aliphatic carbocycles. The number of aromatic nitrogens is 1. The Hall–Kier alpha value is -1.35. The van der Waals surface area contributed by atoms with Gasteiger partial charge in [0.2, 0.25) is 0 Å². The number of unbranched alkanes of at least 4 members (excludes halogenated alkanes) is 5. The van der Waals surface area contributed by atoms with E-state index in [1.54, 1.807) is 18.4 Å². The number of aryl methyl sites for hydroxylation is 1. The molecule has 2 rings (SSSR count). The first-order valence-electron chi connectivity index (χ1n) is 7.90. The van der Waals surface area contributed by atoms with E-state index in [0.29, 0.717) is 0 Å². The van der Waals surface area contributed by atoms with Crippen molar-refractivity contribution in [2.24, 2.45) is 0 Å². The summed E-state index contributed by atoms with van der Waals surface area (Å²) in [4.78, 5) is 4.40. The van der Waals surface area contributed by atoms with Gasteiger partial charge in [0.15, 0.2) is 0 Å². The number of rotatable bonds is 9. The van der Waals surface area contributed by atoms with Crippen molar-refractivity contribution in [3.63, 3.8) is 0 Å². The molecule has 0 unspecified atom stereocenters. The molecule has 2 aromatic rings. The molecule has 3 heteroatoms. The highest BCUT2D eigenvalue weighted by Gasteiger charge is 2.08. The highest BCUT2D eigenvalue weighted by Crippen LogP contribution is 2.31. The lowest BCUT2D eigenvalue weighted by Gasteiger charge is -2.09. The third-order valence-corrected chi connectivity index (χ3v) is 4.38. The monoisotopic (exact) mass is 303 g/mol. The summed E-state index contributed by atoms with van der Waals surface area (Å²) in [5.74, 6) is 0.910. The predicted molar refractivity (Wildman–Crippen MR) is 91.2 cm³/mol. The zero-order valence-corrected chi connectivity index (χ0v) is 13.9. The molecule has 2 nitrogen and oxygen atoms in total. The van der Waals surface area contributed by atoms with E-state index in [1.165, 1.54) is 44.1 Å². The maximum atomic E-state index is 5.46. The van der Waals surface area contributed by atoms with Crippen LogP contribution in [0.25, 0.3) is 11.3 Å². The molecule has 0 atom stereocenters. The van der Waals surface area contributed by atoms with Crippen molar-refractivity contribution in [3.8, 4) is 17.0 Å². The van der Waals surface area contributed by atoms with Gasteiger partial charge in [-0.25, -0.2) is 4.98 Å². The second-order valence-electron chi connectivity index (χ2n) is 5.43. The van der Waals surface area contributed by atoms with Gasteiger partial charge in [-0.05, 0) is 30.5 Å². The van der Waals surface area contributed by atoms with Crippen LogP contribution in [0.1, 0.15) is 51.0 Å². The third kappa shape index (κ3) is 4.85. The lowest BCUT2D eigenvalue weighted by atomic mass is 10.0. The zero-order chi connectivity index (χ0) is 14.9. The van der Waals surface area contributed by atoms with E-state index in [4.69, 9.17) is 4.74 Å². The van der Waals surface area contributed by atoms with Gasteiger partial charge in [-0.1, -0.05) is 45.1 Å². The van der Waals surface area contributed by atoms with Gasteiger partial charge in [-0.3, -0.25) is 0 Å². The first-order chi connectivity index (χ1) is 10.3. The summed E-state index contributed by atoms with van der Waals surface area (Å²) in [7, 11) is 1.72.